The van der Waals surface area contributed by atoms with Gasteiger partial charge in [0.15, 0.2) is 11.2 Å². The van der Waals surface area contributed by atoms with Crippen LogP contribution in [0.1, 0.15) is 25.6 Å². The Kier molecular flexibility index (Phi) is 5.67. The van der Waals surface area contributed by atoms with Gasteiger partial charge in [0.1, 0.15) is 24.5 Å². The maximum absolute atomic E-state index is 12.5. The fourth-order valence-corrected chi connectivity index (χ4v) is 3.38. The summed E-state index contributed by atoms with van der Waals surface area (Å²) >= 11 is 0. The lowest BCUT2D eigenvalue weighted by molar-refractivity contribution is -0.146. The summed E-state index contributed by atoms with van der Waals surface area (Å²) in [6, 6.07) is 6.68. The summed E-state index contributed by atoms with van der Waals surface area (Å²) in [6.45, 7) is 1.72. The Bertz CT molecular complexity index is 1490. The van der Waals surface area contributed by atoms with Crippen molar-refractivity contribution in [3.63, 3.8) is 0 Å². The van der Waals surface area contributed by atoms with E-state index in [0.29, 0.717) is 17.4 Å². The highest BCUT2D eigenvalue weighted by molar-refractivity contribution is 5.77. The summed E-state index contributed by atoms with van der Waals surface area (Å²) in [4.78, 5) is 55.9. The smallest absolute Gasteiger partial charge is 0.330 e. The minimum Gasteiger partial charge on any atom is -0.456 e. The SMILES string of the molecule is CCCCn1c(=O)[nH]c(=O)c2c1nc(COC(=O)Cn1nnc3ccccc3c1=O)n2C. The molecule has 0 saturated carbocycles. The van der Waals surface area contributed by atoms with Crippen LogP contribution < -0.4 is 16.8 Å². The molecule has 166 valence electrons. The van der Waals surface area contributed by atoms with Crippen LogP contribution in [0.3, 0.4) is 0 Å². The molecule has 0 amide bonds. The highest BCUT2D eigenvalue weighted by Crippen LogP contribution is 2.11. The molecule has 3 heterocycles. The number of ether oxygens (including phenoxy) is 1. The number of aromatic amines is 1. The highest BCUT2D eigenvalue weighted by Gasteiger charge is 2.18. The molecule has 1 aromatic carbocycles. The lowest BCUT2D eigenvalue weighted by atomic mass is 10.2. The molecule has 32 heavy (non-hydrogen) atoms. The zero-order valence-corrected chi connectivity index (χ0v) is 17.6. The van der Waals surface area contributed by atoms with Gasteiger partial charge in [-0.3, -0.25) is 23.9 Å². The van der Waals surface area contributed by atoms with Crippen molar-refractivity contribution in [2.75, 3.05) is 0 Å². The third kappa shape index (κ3) is 3.82. The first-order valence-electron chi connectivity index (χ1n) is 10.1. The van der Waals surface area contributed by atoms with Crippen molar-refractivity contribution in [3.8, 4) is 0 Å². The van der Waals surface area contributed by atoms with Crippen LogP contribution >= 0.6 is 0 Å². The van der Waals surface area contributed by atoms with E-state index in [-0.39, 0.29) is 23.6 Å². The monoisotopic (exact) mass is 439 g/mol. The summed E-state index contributed by atoms with van der Waals surface area (Å²) in [5.74, 6) is -0.437. The predicted octanol–water partition coefficient (Wildman–Crippen LogP) is 0.0717. The summed E-state index contributed by atoms with van der Waals surface area (Å²) in [6.07, 6.45) is 1.60. The number of hydrogen-bond donors (Lipinski definition) is 1. The van der Waals surface area contributed by atoms with Crippen molar-refractivity contribution in [1.29, 1.82) is 0 Å². The Morgan fingerprint density at radius 2 is 1.97 bits per heavy atom. The number of aromatic nitrogens is 7. The van der Waals surface area contributed by atoms with Crippen molar-refractivity contribution in [2.24, 2.45) is 7.05 Å². The average Bonchev–Trinajstić information content (AvgIpc) is 3.11. The van der Waals surface area contributed by atoms with Crippen LogP contribution in [0, 0.1) is 0 Å². The molecule has 0 unspecified atom stereocenters. The Balaban J connectivity index is 1.56. The van der Waals surface area contributed by atoms with Gasteiger partial charge in [-0.2, -0.15) is 4.68 Å². The van der Waals surface area contributed by atoms with Crippen LogP contribution in [0.4, 0.5) is 0 Å². The van der Waals surface area contributed by atoms with Gasteiger partial charge in [-0.1, -0.05) is 30.7 Å². The molecule has 1 N–H and O–H groups in total. The number of esters is 1. The Morgan fingerprint density at radius 1 is 1.19 bits per heavy atom. The molecule has 0 bridgehead atoms. The van der Waals surface area contributed by atoms with E-state index in [1.54, 1.807) is 31.3 Å². The number of nitrogens with zero attached hydrogens (tertiary/aromatic N) is 6. The maximum atomic E-state index is 12.5. The predicted molar refractivity (Wildman–Crippen MR) is 114 cm³/mol. The topological polar surface area (TPSA) is 147 Å². The van der Waals surface area contributed by atoms with Gasteiger partial charge in [0.2, 0.25) is 0 Å². The number of benzene rings is 1. The van der Waals surface area contributed by atoms with Gasteiger partial charge in [0.05, 0.1) is 5.39 Å². The zero-order chi connectivity index (χ0) is 22.8. The van der Waals surface area contributed by atoms with Crippen molar-refractivity contribution in [2.45, 2.75) is 39.5 Å². The minimum absolute atomic E-state index is 0.211. The Morgan fingerprint density at radius 3 is 2.75 bits per heavy atom. The maximum Gasteiger partial charge on any atom is 0.330 e. The van der Waals surface area contributed by atoms with Crippen molar-refractivity contribution in [3.05, 3.63) is 61.3 Å². The summed E-state index contributed by atoms with van der Waals surface area (Å²) in [7, 11) is 1.60. The van der Waals surface area contributed by atoms with E-state index in [1.807, 2.05) is 6.92 Å². The normalized spacial score (nSPS) is 11.3. The van der Waals surface area contributed by atoms with Crippen LogP contribution in [0.25, 0.3) is 22.1 Å². The first-order chi connectivity index (χ1) is 15.4. The molecule has 0 atom stereocenters. The second kappa shape index (κ2) is 8.57. The van der Waals surface area contributed by atoms with Crippen molar-refractivity contribution in [1.82, 2.24) is 34.1 Å². The van der Waals surface area contributed by atoms with Gasteiger partial charge < -0.3 is 9.30 Å². The minimum atomic E-state index is -0.721. The third-order valence-corrected chi connectivity index (χ3v) is 5.11. The summed E-state index contributed by atoms with van der Waals surface area (Å²) < 4.78 is 9.05. The molecular formula is C20H21N7O5. The number of fused-ring (bicyclic) bond motifs is 2. The van der Waals surface area contributed by atoms with E-state index in [1.165, 1.54) is 9.13 Å². The number of H-pyrrole nitrogens is 1. The molecule has 3 aromatic heterocycles. The van der Waals surface area contributed by atoms with Crippen LogP contribution in [0.15, 0.2) is 38.6 Å². The fraction of sp³-hybridized carbons (Fsp3) is 0.350. The van der Waals surface area contributed by atoms with E-state index in [4.69, 9.17) is 4.74 Å². The van der Waals surface area contributed by atoms with E-state index < -0.39 is 29.3 Å². The van der Waals surface area contributed by atoms with Crippen LogP contribution in [-0.4, -0.2) is 40.1 Å². The number of aryl methyl sites for hydroxylation is 2. The Labute approximate surface area is 180 Å². The molecular weight excluding hydrogens is 418 g/mol. The first-order valence-corrected chi connectivity index (χ1v) is 10.1. The summed E-state index contributed by atoms with van der Waals surface area (Å²) in [5.41, 5.74) is -0.682. The molecule has 4 rings (SSSR count). The van der Waals surface area contributed by atoms with Crippen molar-refractivity contribution < 1.29 is 9.53 Å². The molecule has 0 saturated heterocycles. The van der Waals surface area contributed by atoms with E-state index >= 15 is 0 Å². The number of unbranched alkanes of at least 4 members (excludes halogenated alkanes) is 1. The molecule has 0 spiro atoms. The number of carbonyl (C=O) groups excluding carboxylic acids is 1. The van der Waals surface area contributed by atoms with Gasteiger partial charge in [-0.15, -0.1) is 5.10 Å². The number of imidazole rings is 1. The lowest BCUT2D eigenvalue weighted by Crippen LogP contribution is -2.31. The molecule has 12 heteroatoms. The van der Waals surface area contributed by atoms with Crippen molar-refractivity contribution >= 4 is 28.0 Å². The largest absolute Gasteiger partial charge is 0.456 e. The molecule has 0 aliphatic heterocycles. The standard InChI is InChI=1S/C20H21N7O5/c1-3-4-9-26-17-16(18(29)22-20(26)31)25(2)14(21-17)11-32-15(28)10-27-19(30)12-7-5-6-8-13(12)23-24-27/h5-8H,3-4,9-11H2,1-2H3,(H,22,29,31). The van der Waals surface area contributed by atoms with E-state index in [2.05, 4.69) is 20.3 Å². The fourth-order valence-electron chi connectivity index (χ4n) is 3.38. The number of hydrogen-bond acceptors (Lipinski definition) is 8. The third-order valence-electron chi connectivity index (χ3n) is 5.11. The number of carbonyl (C=O) groups is 1. The molecule has 4 aromatic rings. The second-order valence-corrected chi connectivity index (χ2v) is 7.25. The molecule has 0 radical (unpaired) electrons. The number of rotatable bonds is 7. The summed E-state index contributed by atoms with van der Waals surface area (Å²) in [5, 5.41) is 8.03. The van der Waals surface area contributed by atoms with Crippen LogP contribution in [0.5, 0.6) is 0 Å². The highest BCUT2D eigenvalue weighted by atomic mass is 16.5. The van der Waals surface area contributed by atoms with Gasteiger partial charge in [0.25, 0.3) is 11.1 Å². The van der Waals surface area contributed by atoms with E-state index in [0.717, 1.165) is 17.5 Å². The molecule has 0 aliphatic rings. The number of nitrogens with one attached hydrogen (secondary N) is 1. The van der Waals surface area contributed by atoms with Gasteiger partial charge in [-0.25, -0.2) is 9.78 Å². The van der Waals surface area contributed by atoms with E-state index in [9.17, 15) is 19.2 Å². The lowest BCUT2D eigenvalue weighted by Gasteiger charge is -2.06. The molecule has 0 aliphatic carbocycles. The van der Waals surface area contributed by atoms with Crippen LogP contribution in [0.2, 0.25) is 0 Å². The molecule has 12 nitrogen and oxygen atoms in total. The van der Waals surface area contributed by atoms with Gasteiger partial charge in [0, 0.05) is 13.6 Å². The van der Waals surface area contributed by atoms with Gasteiger partial charge in [-0.05, 0) is 18.6 Å². The zero-order valence-electron chi connectivity index (χ0n) is 17.6. The van der Waals surface area contributed by atoms with Crippen LogP contribution in [-0.2, 0) is 36.3 Å². The Hall–Kier alpha value is -4.09. The van der Waals surface area contributed by atoms with Gasteiger partial charge >= 0.3 is 11.7 Å². The average molecular weight is 439 g/mol. The quantitative estimate of drug-likeness (QED) is 0.398. The first kappa shape index (κ1) is 21.2. The molecule has 0 fully saturated rings. The second-order valence-electron chi connectivity index (χ2n) is 7.25.